The zero-order valence-electron chi connectivity index (χ0n) is 12.5. The molecule has 0 radical (unpaired) electrons. The minimum absolute atomic E-state index is 0.185. The van der Waals surface area contributed by atoms with Crippen LogP contribution >= 0.6 is 15.9 Å². The fourth-order valence-electron chi connectivity index (χ4n) is 4.16. The Morgan fingerprint density at radius 2 is 1.91 bits per heavy atom. The average Bonchev–Trinajstić information content (AvgIpc) is 3.10. The topological polar surface area (TPSA) is 51.0 Å². The van der Waals surface area contributed by atoms with Crippen molar-refractivity contribution in [3.05, 3.63) is 41.0 Å². The lowest BCUT2D eigenvalue weighted by molar-refractivity contribution is 0.0445. The third-order valence-corrected chi connectivity index (χ3v) is 6.22. The van der Waals surface area contributed by atoms with Crippen molar-refractivity contribution >= 4 is 21.6 Å². The van der Waals surface area contributed by atoms with Gasteiger partial charge in [-0.15, -0.1) is 0 Å². The van der Waals surface area contributed by atoms with E-state index in [9.17, 15) is 0 Å². The second-order valence-electron chi connectivity index (χ2n) is 6.90. The van der Waals surface area contributed by atoms with E-state index in [4.69, 9.17) is 4.52 Å². The summed E-state index contributed by atoms with van der Waals surface area (Å²) in [4.78, 5) is 4.33. The summed E-state index contributed by atoms with van der Waals surface area (Å²) >= 11 is 3.53. The van der Waals surface area contributed by atoms with Gasteiger partial charge in [0.25, 0.3) is 0 Å². The van der Waals surface area contributed by atoms with Crippen LogP contribution in [0.25, 0.3) is 0 Å². The van der Waals surface area contributed by atoms with E-state index >= 15 is 0 Å². The van der Waals surface area contributed by atoms with Crippen LogP contribution in [0.2, 0.25) is 0 Å². The monoisotopic (exact) mass is 361 g/mol. The van der Waals surface area contributed by atoms with Crippen LogP contribution < -0.4 is 5.32 Å². The molecule has 1 N–H and O–H groups in total. The fraction of sp³-hybridized carbons (Fsp3) is 0.529. The van der Waals surface area contributed by atoms with Crippen LogP contribution in [0.4, 0.5) is 5.69 Å². The Balaban J connectivity index is 1.43. The van der Waals surface area contributed by atoms with Crippen LogP contribution in [0, 0.1) is 5.41 Å². The van der Waals surface area contributed by atoms with E-state index in [1.54, 1.807) is 0 Å². The molecule has 4 nitrogen and oxygen atoms in total. The predicted molar refractivity (Wildman–Crippen MR) is 88.7 cm³/mol. The molecule has 22 heavy (non-hydrogen) atoms. The van der Waals surface area contributed by atoms with Crippen LogP contribution in [0.5, 0.6) is 0 Å². The summed E-state index contributed by atoms with van der Waals surface area (Å²) in [5.74, 6) is 0.931. The third kappa shape index (κ3) is 2.45. The number of benzene rings is 1. The maximum absolute atomic E-state index is 4.98. The molecule has 3 saturated carbocycles. The normalized spacial score (nSPS) is 30.4. The Morgan fingerprint density at radius 1 is 1.14 bits per heavy atom. The van der Waals surface area contributed by atoms with Crippen molar-refractivity contribution in [3.63, 3.8) is 0 Å². The molecule has 5 rings (SSSR count). The number of fused-ring (bicyclic) bond motifs is 3. The summed E-state index contributed by atoms with van der Waals surface area (Å²) in [6, 6.07) is 8.42. The van der Waals surface area contributed by atoms with Crippen molar-refractivity contribution < 1.29 is 4.52 Å². The van der Waals surface area contributed by atoms with E-state index < -0.39 is 0 Å². The smallest absolute Gasteiger partial charge is 0.213 e. The lowest BCUT2D eigenvalue weighted by atomic mass is 9.53. The third-order valence-electron chi connectivity index (χ3n) is 5.73. The molecule has 0 aliphatic heterocycles. The van der Waals surface area contributed by atoms with Gasteiger partial charge in [-0.1, -0.05) is 27.2 Å². The molecule has 3 aliphatic rings. The first-order chi connectivity index (χ1) is 10.7. The number of hydrogen-bond donors (Lipinski definition) is 1. The summed E-state index contributed by atoms with van der Waals surface area (Å²) in [6.07, 6.45) is 8.79. The van der Waals surface area contributed by atoms with Gasteiger partial charge in [0.2, 0.25) is 6.39 Å². The molecule has 0 amide bonds. The first-order valence-corrected chi connectivity index (χ1v) is 8.76. The molecular formula is C17H20BrN3O. The van der Waals surface area contributed by atoms with Crippen molar-refractivity contribution in [2.24, 2.45) is 5.41 Å². The molecular weight excluding hydrogens is 342 g/mol. The van der Waals surface area contributed by atoms with Crippen LogP contribution in [-0.2, 0) is 5.41 Å². The number of nitrogens with one attached hydrogen (secondary N) is 1. The quantitative estimate of drug-likeness (QED) is 0.868. The van der Waals surface area contributed by atoms with Crippen molar-refractivity contribution in [1.29, 1.82) is 0 Å². The minimum atomic E-state index is 0.185. The van der Waals surface area contributed by atoms with Gasteiger partial charge in [-0.05, 0) is 62.1 Å². The maximum Gasteiger partial charge on any atom is 0.213 e. The second kappa shape index (κ2) is 5.37. The van der Waals surface area contributed by atoms with Gasteiger partial charge in [-0.2, -0.15) is 4.98 Å². The maximum atomic E-state index is 4.98. The van der Waals surface area contributed by atoms with Gasteiger partial charge < -0.3 is 9.84 Å². The first kappa shape index (κ1) is 14.2. The minimum Gasteiger partial charge on any atom is -0.384 e. The highest BCUT2D eigenvalue weighted by molar-refractivity contribution is 9.10. The molecule has 3 fully saturated rings. The Kier molecular flexibility index (Phi) is 3.48. The largest absolute Gasteiger partial charge is 0.384 e. The lowest BCUT2D eigenvalue weighted by Crippen LogP contribution is -2.47. The SMILES string of the molecule is Brc1cccc(NCC23CCC(c4ncon4)(CC2)CC3)c1. The lowest BCUT2D eigenvalue weighted by Gasteiger charge is -2.52. The summed E-state index contributed by atoms with van der Waals surface area (Å²) in [7, 11) is 0. The Morgan fingerprint density at radius 3 is 2.55 bits per heavy atom. The number of halogens is 1. The first-order valence-electron chi connectivity index (χ1n) is 7.96. The number of aromatic nitrogens is 2. The average molecular weight is 362 g/mol. The number of rotatable bonds is 4. The summed E-state index contributed by atoms with van der Waals surface area (Å²) in [6.45, 7) is 1.06. The molecule has 3 aliphatic carbocycles. The van der Waals surface area contributed by atoms with Gasteiger partial charge in [-0.3, -0.25) is 0 Å². The molecule has 2 aromatic rings. The molecule has 1 heterocycles. The van der Waals surface area contributed by atoms with E-state index in [1.165, 1.54) is 50.6 Å². The van der Waals surface area contributed by atoms with Crippen molar-refractivity contribution in [3.8, 4) is 0 Å². The molecule has 116 valence electrons. The van der Waals surface area contributed by atoms with Gasteiger partial charge in [-0.25, -0.2) is 0 Å². The molecule has 0 atom stereocenters. The molecule has 0 spiro atoms. The van der Waals surface area contributed by atoms with Gasteiger partial charge in [0, 0.05) is 22.1 Å². The molecule has 1 aromatic heterocycles. The molecule has 2 bridgehead atoms. The molecule has 5 heteroatoms. The highest BCUT2D eigenvalue weighted by atomic mass is 79.9. The standard InChI is InChI=1S/C17H20BrN3O/c18-13-2-1-3-14(10-13)19-11-16-4-7-17(8-5-16,9-6-16)15-20-12-22-21-15/h1-3,10,12,19H,4-9,11H2. The van der Waals surface area contributed by atoms with Crippen molar-refractivity contribution in [1.82, 2.24) is 10.1 Å². The van der Waals surface area contributed by atoms with Gasteiger partial charge >= 0.3 is 0 Å². The number of nitrogens with zero attached hydrogens (tertiary/aromatic N) is 2. The Bertz CT molecular complexity index is 631. The fourth-order valence-corrected chi connectivity index (χ4v) is 4.56. The zero-order chi connectivity index (χ0) is 15.0. The zero-order valence-corrected chi connectivity index (χ0v) is 14.1. The van der Waals surface area contributed by atoms with Gasteiger partial charge in [0.1, 0.15) is 0 Å². The van der Waals surface area contributed by atoms with Crippen LogP contribution in [0.15, 0.2) is 39.7 Å². The van der Waals surface area contributed by atoms with Gasteiger partial charge in [0.15, 0.2) is 5.82 Å². The Labute approximate surface area is 138 Å². The predicted octanol–water partition coefficient (Wildman–Crippen LogP) is 4.54. The summed E-state index contributed by atoms with van der Waals surface area (Å²) in [5.41, 5.74) is 1.82. The molecule has 1 aromatic carbocycles. The Hall–Kier alpha value is -1.36. The number of hydrogen-bond acceptors (Lipinski definition) is 4. The van der Waals surface area contributed by atoms with E-state index in [-0.39, 0.29) is 5.41 Å². The van der Waals surface area contributed by atoms with Crippen LogP contribution in [0.3, 0.4) is 0 Å². The molecule has 0 saturated heterocycles. The van der Waals surface area contributed by atoms with E-state index in [2.05, 4.69) is 55.7 Å². The summed E-state index contributed by atoms with van der Waals surface area (Å²) < 4.78 is 6.10. The highest BCUT2D eigenvalue weighted by Crippen LogP contribution is 2.57. The summed E-state index contributed by atoms with van der Waals surface area (Å²) in [5, 5.41) is 7.77. The van der Waals surface area contributed by atoms with Crippen molar-refractivity contribution in [2.45, 2.75) is 43.9 Å². The highest BCUT2D eigenvalue weighted by Gasteiger charge is 2.51. The van der Waals surface area contributed by atoms with E-state index in [0.717, 1.165) is 16.8 Å². The van der Waals surface area contributed by atoms with Crippen molar-refractivity contribution in [2.75, 3.05) is 11.9 Å². The van der Waals surface area contributed by atoms with Crippen LogP contribution in [-0.4, -0.2) is 16.7 Å². The molecule has 0 unspecified atom stereocenters. The number of anilines is 1. The van der Waals surface area contributed by atoms with E-state index in [0.29, 0.717) is 5.41 Å². The second-order valence-corrected chi connectivity index (χ2v) is 7.81. The van der Waals surface area contributed by atoms with E-state index in [1.807, 2.05) is 0 Å². The van der Waals surface area contributed by atoms with Crippen LogP contribution in [0.1, 0.15) is 44.3 Å². The van der Waals surface area contributed by atoms with Gasteiger partial charge in [0.05, 0.1) is 0 Å².